The zero-order valence-corrected chi connectivity index (χ0v) is 12.5. The van der Waals surface area contributed by atoms with Gasteiger partial charge in [-0.15, -0.1) is 0 Å². The Kier molecular flexibility index (Phi) is 5.42. The standard InChI is InChI=1S/C16H22F2N2O/c1-11(20-7-3-4-12(10-20)9-19-2)16(21)14-6-5-13(17)8-15(14)18/h5-6,8,11-12,19H,3-4,7,9-10H2,1-2H3. The van der Waals surface area contributed by atoms with Crippen molar-refractivity contribution >= 4 is 5.78 Å². The highest BCUT2D eigenvalue weighted by atomic mass is 19.1. The molecule has 0 saturated carbocycles. The first-order chi connectivity index (χ1) is 10.0. The van der Waals surface area contributed by atoms with Gasteiger partial charge in [-0.05, 0) is 58.0 Å². The van der Waals surface area contributed by atoms with Gasteiger partial charge in [0.25, 0.3) is 0 Å². The van der Waals surface area contributed by atoms with Gasteiger partial charge in [0.15, 0.2) is 5.78 Å². The van der Waals surface area contributed by atoms with Crippen molar-refractivity contribution in [3.05, 3.63) is 35.4 Å². The highest BCUT2D eigenvalue weighted by molar-refractivity contribution is 6.00. The maximum atomic E-state index is 13.7. The SMILES string of the molecule is CNCC1CCCN(C(C)C(=O)c2ccc(F)cc2F)C1. The molecule has 0 aromatic heterocycles. The predicted octanol–water partition coefficient (Wildman–Crippen LogP) is 2.47. The molecule has 1 N–H and O–H groups in total. The van der Waals surface area contributed by atoms with E-state index in [1.54, 1.807) is 6.92 Å². The van der Waals surface area contributed by atoms with Crippen LogP contribution in [0.1, 0.15) is 30.1 Å². The summed E-state index contributed by atoms with van der Waals surface area (Å²) in [5.74, 6) is -1.21. The first kappa shape index (κ1) is 16.0. The van der Waals surface area contributed by atoms with E-state index < -0.39 is 11.6 Å². The lowest BCUT2D eigenvalue weighted by atomic mass is 9.94. The topological polar surface area (TPSA) is 32.3 Å². The fourth-order valence-electron chi connectivity index (χ4n) is 2.98. The number of carbonyl (C=O) groups excluding carboxylic acids is 1. The highest BCUT2D eigenvalue weighted by Crippen LogP contribution is 2.21. The van der Waals surface area contributed by atoms with Crippen molar-refractivity contribution in [2.24, 2.45) is 5.92 Å². The Morgan fingerprint density at radius 3 is 2.90 bits per heavy atom. The van der Waals surface area contributed by atoms with Crippen molar-refractivity contribution in [1.82, 2.24) is 10.2 Å². The van der Waals surface area contributed by atoms with Gasteiger partial charge >= 0.3 is 0 Å². The number of hydrogen-bond acceptors (Lipinski definition) is 3. The van der Waals surface area contributed by atoms with Crippen molar-refractivity contribution in [2.45, 2.75) is 25.8 Å². The molecule has 1 aromatic rings. The molecular formula is C16H22F2N2O. The zero-order valence-electron chi connectivity index (χ0n) is 12.5. The second-order valence-corrected chi connectivity index (χ2v) is 5.73. The zero-order chi connectivity index (χ0) is 15.4. The number of piperidine rings is 1. The number of hydrogen-bond donors (Lipinski definition) is 1. The van der Waals surface area contributed by atoms with E-state index >= 15 is 0 Å². The van der Waals surface area contributed by atoms with Gasteiger partial charge in [-0.3, -0.25) is 9.69 Å². The number of benzene rings is 1. The van der Waals surface area contributed by atoms with Crippen LogP contribution in [0, 0.1) is 17.6 Å². The van der Waals surface area contributed by atoms with Crippen LogP contribution in [-0.4, -0.2) is 43.4 Å². The maximum Gasteiger partial charge on any atom is 0.182 e. The highest BCUT2D eigenvalue weighted by Gasteiger charge is 2.28. The van der Waals surface area contributed by atoms with E-state index in [9.17, 15) is 13.6 Å². The number of rotatable bonds is 5. The molecule has 1 aliphatic heterocycles. The molecule has 1 aliphatic rings. The molecule has 3 nitrogen and oxygen atoms in total. The van der Waals surface area contributed by atoms with Crippen LogP contribution in [0.3, 0.4) is 0 Å². The van der Waals surface area contributed by atoms with E-state index in [0.29, 0.717) is 5.92 Å². The molecule has 0 spiro atoms. The molecule has 0 aliphatic carbocycles. The molecule has 0 radical (unpaired) electrons. The molecule has 2 rings (SSSR count). The van der Waals surface area contributed by atoms with Crippen LogP contribution < -0.4 is 5.32 Å². The minimum Gasteiger partial charge on any atom is -0.319 e. The van der Waals surface area contributed by atoms with Gasteiger partial charge in [0, 0.05) is 12.6 Å². The second-order valence-electron chi connectivity index (χ2n) is 5.73. The summed E-state index contributed by atoms with van der Waals surface area (Å²) in [6.45, 7) is 4.39. The summed E-state index contributed by atoms with van der Waals surface area (Å²) >= 11 is 0. The number of nitrogens with zero attached hydrogens (tertiary/aromatic N) is 1. The monoisotopic (exact) mass is 296 g/mol. The molecule has 1 fully saturated rings. The van der Waals surface area contributed by atoms with Crippen LogP contribution in [0.25, 0.3) is 0 Å². The summed E-state index contributed by atoms with van der Waals surface area (Å²) in [6.07, 6.45) is 2.18. The summed E-state index contributed by atoms with van der Waals surface area (Å²) in [7, 11) is 1.92. The van der Waals surface area contributed by atoms with Gasteiger partial charge in [0.05, 0.1) is 11.6 Å². The minimum absolute atomic E-state index is 0.0281. The Balaban J connectivity index is 2.07. The summed E-state index contributed by atoms with van der Waals surface area (Å²) in [6, 6.07) is 2.74. The van der Waals surface area contributed by atoms with E-state index in [2.05, 4.69) is 10.2 Å². The molecule has 0 bridgehead atoms. The molecule has 21 heavy (non-hydrogen) atoms. The van der Waals surface area contributed by atoms with Crippen molar-refractivity contribution < 1.29 is 13.6 Å². The predicted molar refractivity (Wildman–Crippen MR) is 78.4 cm³/mol. The van der Waals surface area contributed by atoms with Gasteiger partial charge in [-0.1, -0.05) is 0 Å². The number of Topliss-reactive ketones (excluding diaryl/α,β-unsaturated/α-hetero) is 1. The average molecular weight is 296 g/mol. The summed E-state index contributed by atoms with van der Waals surface area (Å²) in [5, 5.41) is 3.16. The summed E-state index contributed by atoms with van der Waals surface area (Å²) in [5.41, 5.74) is -0.0281. The normalized spacial score (nSPS) is 21.2. The van der Waals surface area contributed by atoms with Crippen LogP contribution in [0.2, 0.25) is 0 Å². The van der Waals surface area contributed by atoms with Crippen LogP contribution in [0.15, 0.2) is 18.2 Å². The Morgan fingerprint density at radius 2 is 2.24 bits per heavy atom. The molecular weight excluding hydrogens is 274 g/mol. The summed E-state index contributed by atoms with van der Waals surface area (Å²) in [4.78, 5) is 14.5. The quantitative estimate of drug-likeness (QED) is 0.847. The molecule has 116 valence electrons. The van der Waals surface area contributed by atoms with Crippen LogP contribution in [-0.2, 0) is 0 Å². The lowest BCUT2D eigenvalue weighted by molar-refractivity contribution is 0.0749. The van der Waals surface area contributed by atoms with Crippen LogP contribution in [0.4, 0.5) is 8.78 Å². The lowest BCUT2D eigenvalue weighted by Gasteiger charge is -2.36. The number of halogens is 2. The van der Waals surface area contributed by atoms with Crippen LogP contribution >= 0.6 is 0 Å². The third-order valence-electron chi connectivity index (χ3n) is 4.17. The Bertz CT molecular complexity index is 505. The van der Waals surface area contributed by atoms with E-state index in [-0.39, 0.29) is 17.4 Å². The molecule has 0 amide bonds. The smallest absolute Gasteiger partial charge is 0.182 e. The minimum atomic E-state index is -0.782. The van der Waals surface area contributed by atoms with Gasteiger partial charge in [0.1, 0.15) is 11.6 Å². The van der Waals surface area contributed by atoms with E-state index in [1.807, 2.05) is 7.05 Å². The first-order valence-corrected chi connectivity index (χ1v) is 7.41. The Hall–Kier alpha value is -1.33. The number of ketones is 1. The fourth-order valence-corrected chi connectivity index (χ4v) is 2.98. The third-order valence-corrected chi connectivity index (χ3v) is 4.17. The fraction of sp³-hybridized carbons (Fsp3) is 0.562. The van der Waals surface area contributed by atoms with E-state index in [0.717, 1.165) is 44.6 Å². The molecule has 1 aromatic carbocycles. The molecule has 5 heteroatoms. The van der Waals surface area contributed by atoms with Crippen molar-refractivity contribution in [1.29, 1.82) is 0 Å². The number of carbonyl (C=O) groups is 1. The molecule has 2 atom stereocenters. The van der Waals surface area contributed by atoms with Gasteiger partial charge < -0.3 is 5.32 Å². The van der Waals surface area contributed by atoms with Crippen molar-refractivity contribution in [2.75, 3.05) is 26.7 Å². The lowest BCUT2D eigenvalue weighted by Crippen LogP contribution is -2.47. The van der Waals surface area contributed by atoms with E-state index in [4.69, 9.17) is 0 Å². The molecule has 1 heterocycles. The van der Waals surface area contributed by atoms with Gasteiger partial charge in [0.2, 0.25) is 0 Å². The van der Waals surface area contributed by atoms with Gasteiger partial charge in [-0.25, -0.2) is 8.78 Å². The third kappa shape index (κ3) is 3.86. The second kappa shape index (κ2) is 7.09. The van der Waals surface area contributed by atoms with E-state index in [1.165, 1.54) is 6.07 Å². The Labute approximate surface area is 124 Å². The summed E-state index contributed by atoms with van der Waals surface area (Å²) < 4.78 is 26.7. The van der Waals surface area contributed by atoms with Crippen LogP contribution in [0.5, 0.6) is 0 Å². The Morgan fingerprint density at radius 1 is 1.48 bits per heavy atom. The van der Waals surface area contributed by atoms with Crippen molar-refractivity contribution in [3.8, 4) is 0 Å². The maximum absolute atomic E-state index is 13.7. The number of likely N-dealkylation sites (tertiary alicyclic amines) is 1. The van der Waals surface area contributed by atoms with Crippen molar-refractivity contribution in [3.63, 3.8) is 0 Å². The number of nitrogens with one attached hydrogen (secondary N) is 1. The molecule has 1 saturated heterocycles. The van der Waals surface area contributed by atoms with Gasteiger partial charge in [-0.2, -0.15) is 0 Å². The largest absolute Gasteiger partial charge is 0.319 e. The average Bonchev–Trinajstić information content (AvgIpc) is 2.46. The first-order valence-electron chi connectivity index (χ1n) is 7.41. The molecule has 2 unspecified atom stereocenters.